The van der Waals surface area contributed by atoms with Crippen molar-refractivity contribution in [3.8, 4) is 0 Å². The van der Waals surface area contributed by atoms with Gasteiger partial charge in [0.05, 0.1) is 7.11 Å². The minimum Gasteiger partial charge on any atom is -0.469 e. The summed E-state index contributed by atoms with van der Waals surface area (Å²) in [6.45, 7) is 4.83. The van der Waals surface area contributed by atoms with Crippen LogP contribution < -0.4 is 10.6 Å². The number of nitrogens with one attached hydrogen (secondary N) is 2. The molecule has 0 aliphatic carbocycles. The minimum atomic E-state index is -0.200. The Kier molecular flexibility index (Phi) is 8.04. The maximum atomic E-state index is 11.8. The Morgan fingerprint density at radius 3 is 2.64 bits per heavy atom. The number of hydrogen-bond donors (Lipinski definition) is 2. The minimum absolute atomic E-state index is 0.185. The molecule has 0 fully saturated rings. The van der Waals surface area contributed by atoms with E-state index in [2.05, 4.69) is 35.3 Å². The summed E-state index contributed by atoms with van der Waals surface area (Å²) in [5, 5.41) is 5.65. The summed E-state index contributed by atoms with van der Waals surface area (Å²) >= 11 is 0. The van der Waals surface area contributed by atoms with E-state index in [-0.39, 0.29) is 12.0 Å². The number of ether oxygens (including phenoxy) is 1. The molecule has 0 aromatic heterocycles. The van der Waals surface area contributed by atoms with Crippen LogP contribution in [-0.4, -0.2) is 25.7 Å². The van der Waals surface area contributed by atoms with Gasteiger partial charge in [0, 0.05) is 18.7 Å². The Labute approximate surface area is 132 Å². The van der Waals surface area contributed by atoms with Gasteiger partial charge in [0.25, 0.3) is 0 Å². The van der Waals surface area contributed by atoms with E-state index in [4.69, 9.17) is 0 Å². The lowest BCUT2D eigenvalue weighted by molar-refractivity contribution is -0.140. The highest BCUT2D eigenvalue weighted by atomic mass is 16.5. The highest BCUT2D eigenvalue weighted by molar-refractivity contribution is 5.89. The second-order valence-corrected chi connectivity index (χ2v) is 5.55. The van der Waals surface area contributed by atoms with Gasteiger partial charge in [-0.3, -0.25) is 4.79 Å². The average molecular weight is 306 g/mol. The molecule has 1 aromatic rings. The smallest absolute Gasteiger partial charge is 0.319 e. The molecule has 0 spiro atoms. The molecule has 1 aromatic carbocycles. The molecule has 0 aliphatic rings. The summed E-state index contributed by atoms with van der Waals surface area (Å²) in [6.07, 6.45) is 2.95. The van der Waals surface area contributed by atoms with Crippen molar-refractivity contribution in [3.05, 3.63) is 29.8 Å². The molecule has 122 valence electrons. The molecule has 0 radical (unpaired) electrons. The molecule has 0 aliphatic heterocycles. The molecule has 0 atom stereocenters. The lowest BCUT2D eigenvalue weighted by atomic mass is 10.0. The van der Waals surface area contributed by atoms with Gasteiger partial charge in [-0.15, -0.1) is 0 Å². The number of hydrogen-bond acceptors (Lipinski definition) is 3. The highest BCUT2D eigenvalue weighted by Crippen LogP contribution is 2.18. The van der Waals surface area contributed by atoms with Gasteiger partial charge in [0.2, 0.25) is 0 Å². The van der Waals surface area contributed by atoms with Crippen molar-refractivity contribution < 1.29 is 14.3 Å². The summed E-state index contributed by atoms with van der Waals surface area (Å²) in [5.74, 6) is 0.246. The predicted molar refractivity (Wildman–Crippen MR) is 88.0 cm³/mol. The van der Waals surface area contributed by atoms with E-state index in [0.717, 1.165) is 24.9 Å². The maximum Gasteiger partial charge on any atom is 0.319 e. The van der Waals surface area contributed by atoms with Gasteiger partial charge in [-0.2, -0.15) is 0 Å². The van der Waals surface area contributed by atoms with Gasteiger partial charge in [-0.25, -0.2) is 4.79 Å². The zero-order valence-corrected chi connectivity index (χ0v) is 13.6. The van der Waals surface area contributed by atoms with E-state index in [1.807, 2.05) is 18.2 Å². The topological polar surface area (TPSA) is 67.4 Å². The van der Waals surface area contributed by atoms with Crippen molar-refractivity contribution in [2.75, 3.05) is 19.0 Å². The molecular formula is C17H26N2O3. The van der Waals surface area contributed by atoms with Gasteiger partial charge >= 0.3 is 12.0 Å². The first-order valence-corrected chi connectivity index (χ1v) is 7.74. The SMILES string of the molecule is COC(=O)CCCCCNC(=O)Nc1cccc(C(C)C)c1. The third-order valence-corrected chi connectivity index (χ3v) is 3.38. The zero-order chi connectivity index (χ0) is 16.4. The maximum absolute atomic E-state index is 11.8. The van der Waals surface area contributed by atoms with E-state index < -0.39 is 0 Å². The van der Waals surface area contributed by atoms with Gasteiger partial charge in [-0.1, -0.05) is 32.4 Å². The number of anilines is 1. The van der Waals surface area contributed by atoms with Gasteiger partial charge < -0.3 is 15.4 Å². The summed E-state index contributed by atoms with van der Waals surface area (Å²) in [7, 11) is 1.39. The van der Waals surface area contributed by atoms with Gasteiger partial charge in [-0.05, 0) is 36.5 Å². The number of unbranched alkanes of at least 4 members (excludes halogenated alkanes) is 2. The molecule has 1 rings (SSSR count). The first kappa shape index (κ1) is 18.0. The molecule has 5 heteroatoms. The largest absolute Gasteiger partial charge is 0.469 e. The van der Waals surface area contributed by atoms with Crippen LogP contribution in [0.15, 0.2) is 24.3 Å². The summed E-state index contributed by atoms with van der Waals surface area (Å²) < 4.78 is 4.57. The molecule has 0 bridgehead atoms. The van der Waals surface area contributed by atoms with Crippen LogP contribution >= 0.6 is 0 Å². The third-order valence-electron chi connectivity index (χ3n) is 3.38. The van der Waals surface area contributed by atoms with Crippen molar-refractivity contribution in [2.24, 2.45) is 0 Å². The zero-order valence-electron chi connectivity index (χ0n) is 13.6. The fourth-order valence-corrected chi connectivity index (χ4v) is 2.03. The fourth-order valence-electron chi connectivity index (χ4n) is 2.03. The summed E-state index contributed by atoms with van der Waals surface area (Å²) in [6, 6.07) is 7.66. The Balaban J connectivity index is 2.21. The van der Waals surface area contributed by atoms with Crippen LogP contribution in [0.5, 0.6) is 0 Å². The first-order chi connectivity index (χ1) is 10.5. The standard InChI is InChI=1S/C17H26N2O3/c1-13(2)14-8-7-9-15(12-14)19-17(21)18-11-6-4-5-10-16(20)22-3/h7-9,12-13H,4-6,10-11H2,1-3H3,(H2,18,19,21). The second kappa shape index (κ2) is 9.82. The summed E-state index contributed by atoms with van der Waals surface area (Å²) in [5.41, 5.74) is 2.00. The van der Waals surface area contributed by atoms with E-state index >= 15 is 0 Å². The number of methoxy groups -OCH3 is 1. The van der Waals surface area contributed by atoms with Crippen LogP contribution in [0.25, 0.3) is 0 Å². The Bertz CT molecular complexity index is 487. The van der Waals surface area contributed by atoms with Gasteiger partial charge in [0.1, 0.15) is 0 Å². The monoisotopic (exact) mass is 306 g/mol. The fraction of sp³-hybridized carbons (Fsp3) is 0.529. The highest BCUT2D eigenvalue weighted by Gasteiger charge is 2.04. The van der Waals surface area contributed by atoms with E-state index in [1.54, 1.807) is 0 Å². The second-order valence-electron chi connectivity index (χ2n) is 5.55. The van der Waals surface area contributed by atoms with Crippen LogP contribution in [0.4, 0.5) is 10.5 Å². The molecule has 0 saturated carbocycles. The van der Waals surface area contributed by atoms with Crippen molar-refractivity contribution in [1.29, 1.82) is 0 Å². The Morgan fingerprint density at radius 2 is 1.95 bits per heavy atom. The molecule has 5 nitrogen and oxygen atoms in total. The first-order valence-electron chi connectivity index (χ1n) is 7.74. The lowest BCUT2D eigenvalue weighted by Crippen LogP contribution is -2.29. The number of urea groups is 1. The number of carbonyl (C=O) groups is 2. The van der Waals surface area contributed by atoms with Crippen LogP contribution in [0.2, 0.25) is 0 Å². The Morgan fingerprint density at radius 1 is 1.18 bits per heavy atom. The van der Waals surface area contributed by atoms with Crippen LogP contribution in [0.3, 0.4) is 0 Å². The van der Waals surface area contributed by atoms with Gasteiger partial charge in [0.15, 0.2) is 0 Å². The van der Waals surface area contributed by atoms with E-state index in [9.17, 15) is 9.59 Å². The molecule has 0 heterocycles. The van der Waals surface area contributed by atoms with Crippen molar-refractivity contribution in [1.82, 2.24) is 5.32 Å². The molecule has 2 amide bonds. The number of carbonyl (C=O) groups excluding carboxylic acids is 2. The van der Waals surface area contributed by atoms with Crippen molar-refractivity contribution >= 4 is 17.7 Å². The molecule has 0 unspecified atom stereocenters. The lowest BCUT2D eigenvalue weighted by Gasteiger charge is -2.10. The van der Waals surface area contributed by atoms with Crippen LogP contribution in [0.1, 0.15) is 51.0 Å². The average Bonchev–Trinajstić information content (AvgIpc) is 2.50. The third kappa shape index (κ3) is 7.11. The molecule has 0 saturated heterocycles. The number of amides is 2. The number of esters is 1. The molecular weight excluding hydrogens is 280 g/mol. The summed E-state index contributed by atoms with van der Waals surface area (Å²) in [4.78, 5) is 22.7. The van der Waals surface area contributed by atoms with Crippen molar-refractivity contribution in [3.63, 3.8) is 0 Å². The Hall–Kier alpha value is -2.04. The quantitative estimate of drug-likeness (QED) is 0.569. The predicted octanol–water partition coefficient (Wildman–Crippen LogP) is 3.66. The van der Waals surface area contributed by atoms with Crippen molar-refractivity contribution in [2.45, 2.75) is 45.4 Å². The number of rotatable bonds is 8. The van der Waals surface area contributed by atoms with Crippen LogP contribution in [0, 0.1) is 0 Å². The normalized spacial score (nSPS) is 10.4. The van der Waals surface area contributed by atoms with Crippen LogP contribution in [-0.2, 0) is 9.53 Å². The van der Waals surface area contributed by atoms with E-state index in [1.165, 1.54) is 12.7 Å². The molecule has 22 heavy (non-hydrogen) atoms. The molecule has 2 N–H and O–H groups in total. The number of benzene rings is 1. The van der Waals surface area contributed by atoms with E-state index in [0.29, 0.717) is 18.9 Å².